The minimum atomic E-state index is -1.93. The van der Waals surface area contributed by atoms with Crippen molar-refractivity contribution in [2.75, 3.05) is 13.1 Å². The van der Waals surface area contributed by atoms with E-state index in [-0.39, 0.29) is 25.9 Å². The Kier molecular flexibility index (Phi) is 4.14. The van der Waals surface area contributed by atoms with Crippen molar-refractivity contribution in [2.24, 2.45) is 0 Å². The Labute approximate surface area is 111 Å². The van der Waals surface area contributed by atoms with E-state index in [1.807, 2.05) is 30.3 Å². The lowest BCUT2D eigenvalue weighted by atomic mass is 9.97. The van der Waals surface area contributed by atoms with E-state index in [0.29, 0.717) is 13.0 Å². The zero-order chi connectivity index (χ0) is 13.7. The van der Waals surface area contributed by atoms with Crippen LogP contribution in [0, 0.1) is 0 Å². The number of ether oxygens (including phenoxy) is 1. The third-order valence-corrected chi connectivity index (χ3v) is 3.15. The molecule has 0 N–H and O–H groups in total. The van der Waals surface area contributed by atoms with Crippen LogP contribution >= 0.6 is 0 Å². The summed E-state index contributed by atoms with van der Waals surface area (Å²) in [6, 6.07) is 9.26. The van der Waals surface area contributed by atoms with Crippen LogP contribution in [0.15, 0.2) is 30.3 Å². The molecule has 102 valence electrons. The lowest BCUT2D eigenvalue weighted by Gasteiger charge is -2.33. The average molecular weight is 265 g/mol. The zero-order valence-corrected chi connectivity index (χ0v) is 10.5. The molecule has 1 saturated heterocycles. The Morgan fingerprint density at radius 3 is 2.84 bits per heavy atom. The van der Waals surface area contributed by atoms with Gasteiger partial charge in [0.05, 0.1) is 6.54 Å². The highest BCUT2D eigenvalue weighted by Gasteiger charge is 2.37. The third-order valence-electron chi connectivity index (χ3n) is 3.15. The molecule has 5 heteroatoms. The minimum Gasteiger partial charge on any atom is -0.445 e. The topological polar surface area (TPSA) is 46.6 Å². The van der Waals surface area contributed by atoms with Gasteiger partial charge in [-0.3, -0.25) is 4.79 Å². The first-order valence-electron chi connectivity index (χ1n) is 6.24. The third kappa shape index (κ3) is 3.53. The molecule has 2 rings (SSSR count). The van der Waals surface area contributed by atoms with Crippen LogP contribution in [0.1, 0.15) is 18.4 Å². The van der Waals surface area contributed by atoms with Crippen molar-refractivity contribution in [3.05, 3.63) is 35.9 Å². The van der Waals surface area contributed by atoms with Crippen LogP contribution in [-0.4, -0.2) is 36.0 Å². The van der Waals surface area contributed by atoms with Gasteiger partial charge in [-0.2, -0.15) is 0 Å². The normalized spacial score (nSPS) is 22.9. The number of piperidine rings is 1. The molecule has 1 aromatic rings. The first-order valence-corrected chi connectivity index (χ1v) is 6.24. The second-order valence-electron chi connectivity index (χ2n) is 4.72. The predicted octanol–water partition coefficient (Wildman–Crippen LogP) is 2.33. The summed E-state index contributed by atoms with van der Waals surface area (Å²) >= 11 is 0. The van der Waals surface area contributed by atoms with E-state index < -0.39 is 11.8 Å². The molecule has 1 heterocycles. The van der Waals surface area contributed by atoms with Gasteiger partial charge in [0.2, 0.25) is 0 Å². The van der Waals surface area contributed by atoms with Gasteiger partial charge >= 0.3 is 6.09 Å². The highest BCUT2D eigenvalue weighted by atomic mass is 19.1. The van der Waals surface area contributed by atoms with E-state index >= 15 is 0 Å². The molecule has 1 atom stereocenters. The number of alkyl halides is 1. The fourth-order valence-corrected chi connectivity index (χ4v) is 2.10. The molecule has 0 aromatic heterocycles. The molecule has 4 nitrogen and oxygen atoms in total. The van der Waals surface area contributed by atoms with E-state index in [0.717, 1.165) is 5.56 Å². The molecule has 1 unspecified atom stereocenters. The van der Waals surface area contributed by atoms with Crippen molar-refractivity contribution in [2.45, 2.75) is 25.1 Å². The van der Waals surface area contributed by atoms with Crippen LogP contribution in [0.2, 0.25) is 0 Å². The first kappa shape index (κ1) is 13.5. The molecule has 1 amide bonds. The van der Waals surface area contributed by atoms with Gasteiger partial charge < -0.3 is 9.64 Å². The second-order valence-corrected chi connectivity index (χ2v) is 4.72. The van der Waals surface area contributed by atoms with Gasteiger partial charge in [-0.25, -0.2) is 9.18 Å². The number of halogens is 1. The van der Waals surface area contributed by atoms with Crippen molar-refractivity contribution in [1.29, 1.82) is 0 Å². The van der Waals surface area contributed by atoms with Crippen molar-refractivity contribution in [3.8, 4) is 0 Å². The molecule has 0 radical (unpaired) electrons. The predicted molar refractivity (Wildman–Crippen MR) is 67.3 cm³/mol. The van der Waals surface area contributed by atoms with Gasteiger partial charge in [0.15, 0.2) is 12.0 Å². The Morgan fingerprint density at radius 1 is 1.42 bits per heavy atom. The van der Waals surface area contributed by atoms with Crippen LogP contribution in [0.5, 0.6) is 0 Å². The fraction of sp³-hybridized carbons (Fsp3) is 0.429. The molecule has 0 aliphatic carbocycles. The summed E-state index contributed by atoms with van der Waals surface area (Å²) in [6.07, 6.45) is 0.339. The van der Waals surface area contributed by atoms with Crippen molar-refractivity contribution in [3.63, 3.8) is 0 Å². The maximum Gasteiger partial charge on any atom is 0.410 e. The van der Waals surface area contributed by atoms with Gasteiger partial charge in [0.1, 0.15) is 6.61 Å². The van der Waals surface area contributed by atoms with Gasteiger partial charge in [-0.15, -0.1) is 0 Å². The number of likely N-dealkylation sites (tertiary alicyclic amines) is 1. The number of nitrogens with zero attached hydrogens (tertiary/aromatic N) is 1. The van der Waals surface area contributed by atoms with Crippen molar-refractivity contribution >= 4 is 12.4 Å². The molecule has 1 aliphatic heterocycles. The summed E-state index contributed by atoms with van der Waals surface area (Å²) < 4.78 is 19.0. The van der Waals surface area contributed by atoms with Crippen LogP contribution in [0.3, 0.4) is 0 Å². The monoisotopic (exact) mass is 265 g/mol. The van der Waals surface area contributed by atoms with Crippen LogP contribution in [0.25, 0.3) is 0 Å². The van der Waals surface area contributed by atoms with Gasteiger partial charge in [-0.05, 0) is 18.4 Å². The molecule has 0 bridgehead atoms. The molecule has 1 fully saturated rings. The smallest absolute Gasteiger partial charge is 0.410 e. The summed E-state index contributed by atoms with van der Waals surface area (Å²) in [6.45, 7) is 0.355. The summed E-state index contributed by atoms with van der Waals surface area (Å²) in [5, 5.41) is 0. The number of carbonyl (C=O) groups is 2. The lowest BCUT2D eigenvalue weighted by Crippen LogP contribution is -2.48. The Morgan fingerprint density at radius 2 is 2.16 bits per heavy atom. The van der Waals surface area contributed by atoms with Crippen LogP contribution in [-0.2, 0) is 16.1 Å². The van der Waals surface area contributed by atoms with Gasteiger partial charge in [0, 0.05) is 6.54 Å². The molecule has 19 heavy (non-hydrogen) atoms. The molecular formula is C14H16FNO3. The van der Waals surface area contributed by atoms with Crippen LogP contribution in [0.4, 0.5) is 9.18 Å². The van der Waals surface area contributed by atoms with Gasteiger partial charge in [0.25, 0.3) is 0 Å². The van der Waals surface area contributed by atoms with E-state index in [1.54, 1.807) is 0 Å². The summed E-state index contributed by atoms with van der Waals surface area (Å²) in [4.78, 5) is 23.7. The SMILES string of the molecule is O=CC1(F)CCCN(C(=O)OCc2ccccc2)C1. The molecular weight excluding hydrogens is 249 g/mol. The molecule has 0 saturated carbocycles. The maximum absolute atomic E-state index is 13.9. The maximum atomic E-state index is 13.9. The van der Waals surface area contributed by atoms with E-state index in [1.165, 1.54) is 4.90 Å². The number of benzene rings is 1. The highest BCUT2D eigenvalue weighted by Crippen LogP contribution is 2.23. The zero-order valence-electron chi connectivity index (χ0n) is 10.5. The summed E-state index contributed by atoms with van der Waals surface area (Å²) in [5.41, 5.74) is -1.06. The first-order chi connectivity index (χ1) is 9.13. The Bertz CT molecular complexity index is 451. The van der Waals surface area contributed by atoms with Crippen LogP contribution < -0.4 is 0 Å². The number of aldehydes is 1. The van der Waals surface area contributed by atoms with Gasteiger partial charge in [-0.1, -0.05) is 30.3 Å². The van der Waals surface area contributed by atoms with Crippen molar-refractivity contribution in [1.82, 2.24) is 4.90 Å². The molecule has 0 spiro atoms. The minimum absolute atomic E-state index is 0.149. The largest absolute Gasteiger partial charge is 0.445 e. The number of hydrogen-bond donors (Lipinski definition) is 0. The second kappa shape index (κ2) is 5.82. The standard InChI is InChI=1S/C14H16FNO3/c15-14(11-17)7-4-8-16(10-14)13(18)19-9-12-5-2-1-3-6-12/h1-3,5-6,11H,4,7-10H2. The number of carbonyl (C=O) groups excluding carboxylic acids is 2. The summed E-state index contributed by atoms with van der Waals surface area (Å²) in [7, 11) is 0. The molecule has 1 aromatic carbocycles. The quantitative estimate of drug-likeness (QED) is 0.788. The van der Waals surface area contributed by atoms with Crippen molar-refractivity contribution < 1.29 is 18.7 Å². The average Bonchev–Trinajstić information content (AvgIpc) is 2.46. The van der Waals surface area contributed by atoms with E-state index in [9.17, 15) is 14.0 Å². The Balaban J connectivity index is 1.88. The lowest BCUT2D eigenvalue weighted by molar-refractivity contribution is -0.120. The fourth-order valence-electron chi connectivity index (χ4n) is 2.10. The van der Waals surface area contributed by atoms with E-state index in [4.69, 9.17) is 4.74 Å². The number of hydrogen-bond acceptors (Lipinski definition) is 3. The highest BCUT2D eigenvalue weighted by molar-refractivity contribution is 5.70. The number of amides is 1. The summed E-state index contributed by atoms with van der Waals surface area (Å²) in [5.74, 6) is 0. The van der Waals surface area contributed by atoms with E-state index in [2.05, 4.69) is 0 Å². The Hall–Kier alpha value is -1.91. The molecule has 1 aliphatic rings. The number of rotatable bonds is 3.